The van der Waals surface area contributed by atoms with Crippen LogP contribution in [0.3, 0.4) is 0 Å². The number of nitrogens with two attached hydrogens (primary N) is 1. The maximum Gasteiger partial charge on any atom is 0.123 e. The van der Waals surface area contributed by atoms with Gasteiger partial charge in [-0.1, -0.05) is 0 Å². The van der Waals surface area contributed by atoms with Gasteiger partial charge in [-0.25, -0.2) is 0 Å². The number of methoxy groups -OCH3 is 1. The maximum atomic E-state index is 8.98. The summed E-state index contributed by atoms with van der Waals surface area (Å²) in [5.41, 5.74) is 8.43. The summed E-state index contributed by atoms with van der Waals surface area (Å²) in [5.74, 6) is 0.798. The Balaban J connectivity index is 2.31. The van der Waals surface area contributed by atoms with Gasteiger partial charge in [-0.2, -0.15) is 5.26 Å². The lowest BCUT2D eigenvalue weighted by atomic mass is 10.1. The Morgan fingerprint density at radius 3 is 2.89 bits per heavy atom. The average Bonchev–Trinajstić information content (AvgIpc) is 2.86. The molecule has 19 heavy (non-hydrogen) atoms. The number of hydrogen-bond acceptors (Lipinski definition) is 3. The molecule has 2 N–H and O–H groups in total. The Morgan fingerprint density at radius 2 is 2.21 bits per heavy atom. The molecule has 0 radical (unpaired) electrons. The summed E-state index contributed by atoms with van der Waals surface area (Å²) < 4.78 is 7.48. The van der Waals surface area contributed by atoms with Crippen molar-refractivity contribution in [2.45, 2.75) is 13.0 Å². The first kappa shape index (κ1) is 13.2. The van der Waals surface area contributed by atoms with E-state index in [0.29, 0.717) is 18.7 Å². The summed E-state index contributed by atoms with van der Waals surface area (Å²) in [7, 11) is 1.64. The zero-order valence-electron chi connectivity index (χ0n) is 11.0. The summed E-state index contributed by atoms with van der Waals surface area (Å²) in [4.78, 5) is 0. The minimum atomic E-state index is 0.624. The predicted octanol–water partition coefficient (Wildman–Crippen LogP) is 1.92. The number of benzene rings is 1. The third-order valence-corrected chi connectivity index (χ3v) is 3.07. The number of hydrogen-bond donors (Lipinski definition) is 1. The van der Waals surface area contributed by atoms with Gasteiger partial charge in [0.05, 0.1) is 25.3 Å². The van der Waals surface area contributed by atoms with Crippen LogP contribution in [0.1, 0.15) is 16.8 Å². The summed E-state index contributed by atoms with van der Waals surface area (Å²) >= 11 is 0. The van der Waals surface area contributed by atoms with Crippen LogP contribution in [-0.4, -0.2) is 18.2 Å². The van der Waals surface area contributed by atoms with Crippen LogP contribution >= 0.6 is 0 Å². The average molecular weight is 255 g/mol. The SMILES string of the molecule is COc1ccc(C#N)cc1Cn1cccc1CCN. The van der Waals surface area contributed by atoms with Gasteiger partial charge in [0.2, 0.25) is 0 Å². The molecule has 0 aliphatic heterocycles. The first-order valence-corrected chi connectivity index (χ1v) is 6.19. The third-order valence-electron chi connectivity index (χ3n) is 3.07. The minimum Gasteiger partial charge on any atom is -0.496 e. The van der Waals surface area contributed by atoms with E-state index in [1.54, 1.807) is 13.2 Å². The molecule has 0 atom stereocenters. The topological polar surface area (TPSA) is 64.0 Å². The van der Waals surface area contributed by atoms with Crippen molar-refractivity contribution in [3.05, 3.63) is 53.3 Å². The molecule has 0 aliphatic carbocycles. The number of nitriles is 1. The summed E-state index contributed by atoms with van der Waals surface area (Å²) in [5, 5.41) is 8.98. The highest BCUT2D eigenvalue weighted by atomic mass is 16.5. The molecule has 98 valence electrons. The molecular weight excluding hydrogens is 238 g/mol. The molecule has 0 amide bonds. The molecule has 0 fully saturated rings. The van der Waals surface area contributed by atoms with E-state index in [1.807, 2.05) is 24.4 Å². The van der Waals surface area contributed by atoms with E-state index in [9.17, 15) is 0 Å². The summed E-state index contributed by atoms with van der Waals surface area (Å²) in [6, 6.07) is 11.7. The fourth-order valence-electron chi connectivity index (χ4n) is 2.13. The molecule has 0 spiro atoms. The van der Waals surface area contributed by atoms with Crippen molar-refractivity contribution in [2.24, 2.45) is 5.73 Å². The van der Waals surface area contributed by atoms with Gasteiger partial charge in [0.15, 0.2) is 0 Å². The van der Waals surface area contributed by atoms with Crippen LogP contribution in [0.4, 0.5) is 0 Å². The van der Waals surface area contributed by atoms with Gasteiger partial charge in [0.1, 0.15) is 5.75 Å². The molecule has 1 heterocycles. The molecule has 0 saturated carbocycles. The number of rotatable bonds is 5. The van der Waals surface area contributed by atoms with Crippen LogP contribution in [0.5, 0.6) is 5.75 Å². The Morgan fingerprint density at radius 1 is 1.37 bits per heavy atom. The third kappa shape index (κ3) is 2.95. The van der Waals surface area contributed by atoms with Gasteiger partial charge in [-0.15, -0.1) is 0 Å². The lowest BCUT2D eigenvalue weighted by Crippen LogP contribution is -2.10. The first-order chi connectivity index (χ1) is 9.28. The molecule has 1 aromatic heterocycles. The molecule has 4 nitrogen and oxygen atoms in total. The largest absolute Gasteiger partial charge is 0.496 e. The lowest BCUT2D eigenvalue weighted by Gasteiger charge is -2.12. The van der Waals surface area contributed by atoms with Crippen molar-refractivity contribution >= 4 is 0 Å². The highest BCUT2D eigenvalue weighted by molar-refractivity contribution is 5.42. The van der Waals surface area contributed by atoms with E-state index in [4.69, 9.17) is 15.7 Å². The van der Waals surface area contributed by atoms with Crippen molar-refractivity contribution < 1.29 is 4.74 Å². The van der Waals surface area contributed by atoms with Crippen LogP contribution in [0.15, 0.2) is 36.5 Å². The smallest absolute Gasteiger partial charge is 0.123 e. The normalized spacial score (nSPS) is 10.2. The lowest BCUT2D eigenvalue weighted by molar-refractivity contribution is 0.408. The molecule has 1 aromatic carbocycles. The number of ether oxygens (including phenoxy) is 1. The van der Waals surface area contributed by atoms with Crippen LogP contribution in [-0.2, 0) is 13.0 Å². The summed E-state index contributed by atoms with van der Waals surface area (Å²) in [6.07, 6.45) is 2.86. The van der Waals surface area contributed by atoms with Gasteiger partial charge in [-0.05, 0) is 43.3 Å². The molecule has 0 unspecified atom stereocenters. The molecule has 0 saturated heterocycles. The fraction of sp³-hybridized carbons (Fsp3) is 0.267. The predicted molar refractivity (Wildman–Crippen MR) is 74.0 cm³/mol. The number of nitrogens with zero attached hydrogens (tertiary/aromatic N) is 2. The Labute approximate surface area is 113 Å². The van der Waals surface area contributed by atoms with Crippen molar-refractivity contribution in [3.63, 3.8) is 0 Å². The van der Waals surface area contributed by atoms with Crippen LogP contribution in [0, 0.1) is 11.3 Å². The van der Waals surface area contributed by atoms with Crippen LogP contribution < -0.4 is 10.5 Å². The van der Waals surface area contributed by atoms with Crippen molar-refractivity contribution in [1.82, 2.24) is 4.57 Å². The molecule has 0 aliphatic rings. The second-order valence-corrected chi connectivity index (χ2v) is 4.30. The second kappa shape index (κ2) is 6.07. The van der Waals surface area contributed by atoms with Crippen molar-refractivity contribution in [1.29, 1.82) is 5.26 Å². The minimum absolute atomic E-state index is 0.624. The van der Waals surface area contributed by atoms with E-state index in [2.05, 4.69) is 16.7 Å². The molecule has 4 heteroatoms. The highest BCUT2D eigenvalue weighted by Crippen LogP contribution is 2.21. The van der Waals surface area contributed by atoms with Gasteiger partial charge in [0, 0.05) is 17.5 Å². The molecular formula is C15H17N3O. The fourth-order valence-corrected chi connectivity index (χ4v) is 2.13. The second-order valence-electron chi connectivity index (χ2n) is 4.30. The first-order valence-electron chi connectivity index (χ1n) is 6.19. The van der Waals surface area contributed by atoms with Gasteiger partial charge in [0.25, 0.3) is 0 Å². The monoisotopic (exact) mass is 255 g/mol. The van der Waals surface area contributed by atoms with Gasteiger partial charge < -0.3 is 15.0 Å². The van der Waals surface area contributed by atoms with E-state index >= 15 is 0 Å². The van der Waals surface area contributed by atoms with E-state index in [-0.39, 0.29) is 0 Å². The van der Waals surface area contributed by atoms with Crippen LogP contribution in [0.25, 0.3) is 0 Å². The highest BCUT2D eigenvalue weighted by Gasteiger charge is 2.07. The molecule has 2 rings (SSSR count). The van der Waals surface area contributed by atoms with E-state index in [1.165, 1.54) is 5.69 Å². The Bertz CT molecular complexity index is 596. The van der Waals surface area contributed by atoms with Gasteiger partial charge >= 0.3 is 0 Å². The van der Waals surface area contributed by atoms with Gasteiger partial charge in [-0.3, -0.25) is 0 Å². The Kier molecular flexibility index (Phi) is 4.22. The maximum absolute atomic E-state index is 8.98. The zero-order valence-corrected chi connectivity index (χ0v) is 11.0. The Hall–Kier alpha value is -2.25. The standard InChI is InChI=1S/C15H17N3O/c1-19-15-5-4-12(10-17)9-13(15)11-18-8-2-3-14(18)6-7-16/h2-5,8-9H,6-7,11,16H2,1H3. The van der Waals surface area contributed by atoms with E-state index in [0.717, 1.165) is 17.7 Å². The molecule has 2 aromatic rings. The quantitative estimate of drug-likeness (QED) is 0.887. The van der Waals surface area contributed by atoms with Crippen molar-refractivity contribution in [3.8, 4) is 11.8 Å². The van der Waals surface area contributed by atoms with E-state index < -0.39 is 0 Å². The molecule has 0 bridgehead atoms. The van der Waals surface area contributed by atoms with Crippen LogP contribution in [0.2, 0.25) is 0 Å². The zero-order chi connectivity index (χ0) is 13.7. The van der Waals surface area contributed by atoms with Crippen molar-refractivity contribution in [2.75, 3.05) is 13.7 Å². The summed E-state index contributed by atoms with van der Waals surface area (Å²) in [6.45, 7) is 1.31. The number of aromatic nitrogens is 1.